The van der Waals surface area contributed by atoms with Crippen LogP contribution in [-0.4, -0.2) is 36.1 Å². The first-order chi connectivity index (χ1) is 5.25. The lowest BCUT2D eigenvalue weighted by Crippen LogP contribution is -2.40. The van der Waals surface area contributed by atoms with Crippen LogP contribution < -0.4 is 0 Å². The molecule has 0 heterocycles. The molecule has 0 radical (unpaired) electrons. The van der Waals surface area contributed by atoms with E-state index in [0.29, 0.717) is 0 Å². The smallest absolute Gasteiger partial charge is 0.304 e. The van der Waals surface area contributed by atoms with Gasteiger partial charge in [-0.1, -0.05) is 20.8 Å². The van der Waals surface area contributed by atoms with Gasteiger partial charge in [0.25, 0.3) is 0 Å². The van der Waals surface area contributed by atoms with Gasteiger partial charge >= 0.3 is 5.97 Å². The van der Waals surface area contributed by atoms with Gasteiger partial charge < -0.3 is 10.0 Å². The summed E-state index contributed by atoms with van der Waals surface area (Å²) >= 11 is 0. The first-order valence-corrected chi connectivity index (χ1v) is 4.13. The monoisotopic (exact) mass is 173 g/mol. The van der Waals surface area contributed by atoms with Crippen LogP contribution in [0.2, 0.25) is 0 Å². The molecule has 0 aliphatic rings. The topological polar surface area (TPSA) is 40.5 Å². The highest BCUT2D eigenvalue weighted by atomic mass is 16.4. The van der Waals surface area contributed by atoms with Gasteiger partial charge in [0, 0.05) is 6.04 Å². The van der Waals surface area contributed by atoms with Gasteiger partial charge in [-0.05, 0) is 19.5 Å². The van der Waals surface area contributed by atoms with E-state index in [1.807, 2.05) is 19.0 Å². The summed E-state index contributed by atoms with van der Waals surface area (Å²) in [5.74, 6) is -0.733. The molecule has 0 spiro atoms. The maximum absolute atomic E-state index is 10.5. The standard InChI is InChI=1S/C9H19NO2/c1-9(2,3)7(10(4)5)6-8(11)12/h7H,6H2,1-5H3,(H,11,12). The van der Waals surface area contributed by atoms with Crippen LogP contribution in [0.15, 0.2) is 0 Å². The number of carboxylic acid groups (broad SMARTS) is 1. The molecule has 3 nitrogen and oxygen atoms in total. The zero-order chi connectivity index (χ0) is 9.94. The van der Waals surface area contributed by atoms with E-state index in [9.17, 15) is 4.79 Å². The SMILES string of the molecule is CN(C)C(CC(=O)O)C(C)(C)C. The van der Waals surface area contributed by atoms with E-state index in [0.717, 1.165) is 0 Å². The van der Waals surface area contributed by atoms with Crippen molar-refractivity contribution in [1.82, 2.24) is 4.90 Å². The van der Waals surface area contributed by atoms with Crippen molar-refractivity contribution in [2.45, 2.75) is 33.2 Å². The average molecular weight is 173 g/mol. The Bertz CT molecular complexity index is 158. The van der Waals surface area contributed by atoms with Crippen LogP contribution in [0.25, 0.3) is 0 Å². The number of aliphatic carboxylic acids is 1. The summed E-state index contributed by atoms with van der Waals surface area (Å²) in [7, 11) is 3.83. The molecule has 0 saturated carbocycles. The summed E-state index contributed by atoms with van der Waals surface area (Å²) in [6.07, 6.45) is 0.205. The van der Waals surface area contributed by atoms with E-state index < -0.39 is 5.97 Å². The maximum atomic E-state index is 10.5. The first kappa shape index (κ1) is 11.4. The molecule has 1 unspecified atom stereocenters. The van der Waals surface area contributed by atoms with Crippen LogP contribution in [0.4, 0.5) is 0 Å². The number of hydrogen-bond donors (Lipinski definition) is 1. The predicted molar refractivity (Wildman–Crippen MR) is 49.2 cm³/mol. The third-order valence-electron chi connectivity index (χ3n) is 1.99. The average Bonchev–Trinajstić information content (AvgIpc) is 1.79. The molecule has 0 aliphatic carbocycles. The Kier molecular flexibility index (Phi) is 3.71. The van der Waals surface area contributed by atoms with Gasteiger partial charge in [0.1, 0.15) is 0 Å². The Hall–Kier alpha value is -0.570. The Morgan fingerprint density at radius 1 is 1.42 bits per heavy atom. The number of carbonyl (C=O) groups is 1. The molecule has 3 heteroatoms. The van der Waals surface area contributed by atoms with E-state index in [-0.39, 0.29) is 17.9 Å². The summed E-state index contributed by atoms with van der Waals surface area (Å²) in [5.41, 5.74) is 0.0158. The number of rotatable bonds is 3. The normalized spacial score (nSPS) is 14.8. The zero-order valence-electron chi connectivity index (χ0n) is 8.59. The largest absolute Gasteiger partial charge is 0.481 e. The van der Waals surface area contributed by atoms with Crippen LogP contribution in [0.5, 0.6) is 0 Å². The predicted octanol–water partition coefficient (Wildman–Crippen LogP) is 1.44. The fourth-order valence-corrected chi connectivity index (χ4v) is 1.43. The molecule has 0 aromatic rings. The minimum atomic E-state index is -0.733. The second-order valence-corrected chi connectivity index (χ2v) is 4.44. The van der Waals surface area contributed by atoms with Gasteiger partial charge in [0.2, 0.25) is 0 Å². The van der Waals surface area contributed by atoms with Crippen molar-refractivity contribution < 1.29 is 9.90 Å². The van der Waals surface area contributed by atoms with E-state index in [1.165, 1.54) is 0 Å². The Morgan fingerprint density at radius 2 is 1.83 bits per heavy atom. The van der Waals surface area contributed by atoms with E-state index >= 15 is 0 Å². The molecule has 1 N–H and O–H groups in total. The van der Waals surface area contributed by atoms with Crippen LogP contribution in [-0.2, 0) is 4.79 Å². The molecule has 0 rings (SSSR count). The lowest BCUT2D eigenvalue weighted by atomic mass is 9.84. The Morgan fingerprint density at radius 3 is 1.92 bits per heavy atom. The van der Waals surface area contributed by atoms with Gasteiger partial charge in [-0.15, -0.1) is 0 Å². The minimum Gasteiger partial charge on any atom is -0.481 e. The van der Waals surface area contributed by atoms with Crippen molar-refractivity contribution in [3.8, 4) is 0 Å². The van der Waals surface area contributed by atoms with Crippen LogP contribution in [0.3, 0.4) is 0 Å². The molecule has 0 amide bonds. The summed E-state index contributed by atoms with van der Waals surface area (Å²) in [5, 5.41) is 8.67. The molecule has 0 fully saturated rings. The highest BCUT2D eigenvalue weighted by Gasteiger charge is 2.28. The third kappa shape index (κ3) is 3.72. The van der Waals surface area contributed by atoms with Crippen molar-refractivity contribution in [3.05, 3.63) is 0 Å². The molecular weight excluding hydrogens is 154 g/mol. The lowest BCUT2D eigenvalue weighted by Gasteiger charge is -2.34. The second-order valence-electron chi connectivity index (χ2n) is 4.44. The van der Waals surface area contributed by atoms with Crippen LogP contribution in [0, 0.1) is 5.41 Å². The van der Waals surface area contributed by atoms with Gasteiger partial charge in [-0.2, -0.15) is 0 Å². The van der Waals surface area contributed by atoms with Crippen molar-refractivity contribution >= 4 is 5.97 Å². The summed E-state index contributed by atoms with van der Waals surface area (Å²) in [6.45, 7) is 6.17. The first-order valence-electron chi connectivity index (χ1n) is 4.13. The summed E-state index contributed by atoms with van der Waals surface area (Å²) < 4.78 is 0. The molecular formula is C9H19NO2. The second kappa shape index (κ2) is 3.90. The molecule has 1 atom stereocenters. The summed E-state index contributed by atoms with van der Waals surface area (Å²) in [4.78, 5) is 12.5. The number of nitrogens with zero attached hydrogens (tertiary/aromatic N) is 1. The van der Waals surface area contributed by atoms with Crippen LogP contribution >= 0.6 is 0 Å². The molecule has 0 bridgehead atoms. The summed E-state index contributed by atoms with van der Waals surface area (Å²) in [6, 6.07) is 0.0926. The van der Waals surface area contributed by atoms with Crippen molar-refractivity contribution in [1.29, 1.82) is 0 Å². The molecule has 12 heavy (non-hydrogen) atoms. The van der Waals surface area contributed by atoms with Crippen LogP contribution in [0.1, 0.15) is 27.2 Å². The quantitative estimate of drug-likeness (QED) is 0.702. The van der Waals surface area contributed by atoms with Gasteiger partial charge in [-0.3, -0.25) is 4.79 Å². The molecule has 0 aromatic heterocycles. The maximum Gasteiger partial charge on any atom is 0.304 e. The van der Waals surface area contributed by atoms with Crippen molar-refractivity contribution in [2.24, 2.45) is 5.41 Å². The highest BCUT2D eigenvalue weighted by Crippen LogP contribution is 2.25. The highest BCUT2D eigenvalue weighted by molar-refractivity contribution is 5.67. The van der Waals surface area contributed by atoms with Gasteiger partial charge in [-0.25, -0.2) is 0 Å². The Labute approximate surface area is 74.4 Å². The van der Waals surface area contributed by atoms with Gasteiger partial charge in [0.05, 0.1) is 6.42 Å². The number of hydrogen-bond acceptors (Lipinski definition) is 2. The van der Waals surface area contributed by atoms with E-state index in [4.69, 9.17) is 5.11 Å². The fraction of sp³-hybridized carbons (Fsp3) is 0.889. The van der Waals surface area contributed by atoms with E-state index in [1.54, 1.807) is 0 Å². The van der Waals surface area contributed by atoms with Gasteiger partial charge in [0.15, 0.2) is 0 Å². The number of carboxylic acids is 1. The van der Waals surface area contributed by atoms with Crippen molar-refractivity contribution in [3.63, 3.8) is 0 Å². The third-order valence-corrected chi connectivity index (χ3v) is 1.99. The zero-order valence-corrected chi connectivity index (χ0v) is 8.59. The lowest BCUT2D eigenvalue weighted by molar-refractivity contribution is -0.139. The van der Waals surface area contributed by atoms with Crippen molar-refractivity contribution in [2.75, 3.05) is 14.1 Å². The van der Waals surface area contributed by atoms with E-state index in [2.05, 4.69) is 20.8 Å². The minimum absolute atomic E-state index is 0.0158. The molecule has 0 aromatic carbocycles. The fourth-order valence-electron chi connectivity index (χ4n) is 1.43. The molecule has 72 valence electrons. The Balaban J connectivity index is 4.35. The molecule has 0 saturated heterocycles. The molecule has 0 aliphatic heterocycles.